The van der Waals surface area contributed by atoms with Crippen molar-refractivity contribution in [1.29, 1.82) is 0 Å². The van der Waals surface area contributed by atoms with Gasteiger partial charge >= 0.3 is 0 Å². The molecule has 3 rings (SSSR count). The molecule has 7 heteroatoms. The molecule has 0 saturated heterocycles. The molecular formula is C20H23N3O4. The van der Waals surface area contributed by atoms with Gasteiger partial charge in [0.15, 0.2) is 5.65 Å². The van der Waals surface area contributed by atoms with Crippen molar-refractivity contribution in [1.82, 2.24) is 9.56 Å². The van der Waals surface area contributed by atoms with Crippen molar-refractivity contribution >= 4 is 17.2 Å². The summed E-state index contributed by atoms with van der Waals surface area (Å²) < 4.78 is 12.1. The Morgan fingerprint density at radius 1 is 1.22 bits per heavy atom. The molecule has 0 radical (unpaired) electrons. The van der Waals surface area contributed by atoms with Crippen LogP contribution in [0, 0.1) is 12.8 Å². The highest BCUT2D eigenvalue weighted by Crippen LogP contribution is 2.18. The third-order valence-electron chi connectivity index (χ3n) is 4.39. The topological polar surface area (TPSA) is 85.8 Å². The van der Waals surface area contributed by atoms with Crippen molar-refractivity contribution in [3.8, 4) is 5.75 Å². The number of nitrogens with zero attached hydrogens (tertiary/aromatic N) is 2. The second-order valence-electron chi connectivity index (χ2n) is 6.40. The van der Waals surface area contributed by atoms with Crippen molar-refractivity contribution in [2.45, 2.75) is 40.2 Å². The second kappa shape index (κ2) is 8.07. The third-order valence-corrected chi connectivity index (χ3v) is 4.39. The lowest BCUT2D eigenvalue weighted by Crippen LogP contribution is -2.21. The maximum absolute atomic E-state index is 12.1. The van der Waals surface area contributed by atoms with Crippen molar-refractivity contribution in [2.75, 3.05) is 5.32 Å². The molecule has 0 aliphatic rings. The van der Waals surface area contributed by atoms with Crippen LogP contribution in [0.25, 0.3) is 5.65 Å². The minimum atomic E-state index is -0.286. The molecule has 0 spiro atoms. The molecule has 1 N–H and O–H groups in total. The third kappa shape index (κ3) is 4.36. The average molecular weight is 369 g/mol. The number of anilines is 1. The Kier molecular flexibility index (Phi) is 5.59. The van der Waals surface area contributed by atoms with Gasteiger partial charge in [-0.3, -0.25) is 9.59 Å². The van der Waals surface area contributed by atoms with Gasteiger partial charge in [-0.15, -0.1) is 4.57 Å². The maximum Gasteiger partial charge on any atom is 0.287 e. The molecule has 3 aromatic rings. The van der Waals surface area contributed by atoms with Gasteiger partial charge in [-0.1, -0.05) is 13.8 Å². The van der Waals surface area contributed by atoms with E-state index in [-0.39, 0.29) is 24.0 Å². The number of aryl methyl sites for hydroxylation is 1. The molecule has 142 valence electrons. The highest BCUT2D eigenvalue weighted by molar-refractivity contribution is 5.92. The van der Waals surface area contributed by atoms with E-state index in [4.69, 9.17) is 9.26 Å². The van der Waals surface area contributed by atoms with Crippen molar-refractivity contribution in [2.24, 2.45) is 5.92 Å². The van der Waals surface area contributed by atoms with Crippen LogP contribution in [0.3, 0.4) is 0 Å². The Labute approximate surface area is 156 Å². The number of nitrogens with one attached hydrogen (secondary N) is 1. The highest BCUT2D eigenvalue weighted by atomic mass is 16.5. The molecule has 7 nitrogen and oxygen atoms in total. The number of benzene rings is 1. The van der Waals surface area contributed by atoms with Crippen LogP contribution in [0.5, 0.6) is 5.75 Å². The molecule has 0 fully saturated rings. The fourth-order valence-corrected chi connectivity index (χ4v) is 2.84. The van der Waals surface area contributed by atoms with Gasteiger partial charge in [-0.05, 0) is 44.0 Å². The predicted octanol–water partition coefficient (Wildman–Crippen LogP) is 3.55. The summed E-state index contributed by atoms with van der Waals surface area (Å²) in [6.07, 6.45) is 1.63. The van der Waals surface area contributed by atoms with E-state index in [9.17, 15) is 9.59 Å². The van der Waals surface area contributed by atoms with Gasteiger partial charge in [0.05, 0.1) is 5.69 Å². The number of ether oxygens (including phenoxy) is 1. The Morgan fingerprint density at radius 2 is 1.93 bits per heavy atom. The second-order valence-corrected chi connectivity index (χ2v) is 6.40. The van der Waals surface area contributed by atoms with Crippen LogP contribution in [0.4, 0.5) is 5.69 Å². The summed E-state index contributed by atoms with van der Waals surface area (Å²) >= 11 is 0. The van der Waals surface area contributed by atoms with Crippen LogP contribution < -0.4 is 15.6 Å². The zero-order chi connectivity index (χ0) is 19.4. The monoisotopic (exact) mass is 369 g/mol. The number of aromatic nitrogens is 2. The molecule has 0 aliphatic heterocycles. The maximum atomic E-state index is 12.1. The van der Waals surface area contributed by atoms with Crippen LogP contribution in [0.1, 0.15) is 38.1 Å². The molecule has 2 aromatic heterocycles. The largest absolute Gasteiger partial charge is 0.487 e. The average Bonchev–Trinajstić information content (AvgIpc) is 3.03. The number of carbonyl (C=O) groups is 1. The van der Waals surface area contributed by atoms with E-state index in [0.717, 1.165) is 23.1 Å². The smallest absolute Gasteiger partial charge is 0.287 e. The Bertz CT molecular complexity index is 985. The molecule has 0 aliphatic carbocycles. The molecule has 0 atom stereocenters. The Morgan fingerprint density at radius 3 is 2.59 bits per heavy atom. The molecule has 2 heterocycles. The van der Waals surface area contributed by atoms with E-state index in [1.807, 2.05) is 13.8 Å². The van der Waals surface area contributed by atoms with Crippen LogP contribution in [-0.2, 0) is 11.4 Å². The SMILES string of the molecule is CCC(CC)C(=O)Nc1ccc(OCc2cc(=O)n3oc(C)cc3n2)cc1. The van der Waals surface area contributed by atoms with Crippen LogP contribution >= 0.6 is 0 Å². The van der Waals surface area contributed by atoms with Gasteiger partial charge in [0.1, 0.15) is 18.1 Å². The van der Waals surface area contributed by atoms with E-state index in [1.54, 1.807) is 37.3 Å². The summed E-state index contributed by atoms with van der Waals surface area (Å²) in [5.74, 6) is 1.29. The van der Waals surface area contributed by atoms with E-state index in [2.05, 4.69) is 10.3 Å². The number of amides is 1. The standard InChI is InChI=1S/C20H23N3O4/c1-4-14(5-2)20(25)22-15-6-8-17(9-7-15)26-12-16-11-19(24)23-18(21-16)10-13(3)27-23/h6-11,14H,4-5,12H2,1-3H3,(H,22,25). The summed E-state index contributed by atoms with van der Waals surface area (Å²) in [5, 5.41) is 2.91. The first-order chi connectivity index (χ1) is 13.0. The van der Waals surface area contributed by atoms with Crippen molar-refractivity contribution in [3.05, 3.63) is 58.2 Å². The number of hydrogen-bond donors (Lipinski definition) is 1. The van der Waals surface area contributed by atoms with Crippen LogP contribution in [0.2, 0.25) is 0 Å². The van der Waals surface area contributed by atoms with Gasteiger partial charge in [0.2, 0.25) is 5.91 Å². The minimum Gasteiger partial charge on any atom is -0.487 e. The van der Waals surface area contributed by atoms with Gasteiger partial charge in [0, 0.05) is 23.7 Å². The van der Waals surface area contributed by atoms with Crippen LogP contribution in [-0.4, -0.2) is 15.5 Å². The minimum absolute atomic E-state index is 0.0210. The zero-order valence-corrected chi connectivity index (χ0v) is 15.7. The first-order valence-electron chi connectivity index (χ1n) is 9.03. The van der Waals surface area contributed by atoms with E-state index < -0.39 is 0 Å². The number of carbonyl (C=O) groups excluding carboxylic acids is 1. The summed E-state index contributed by atoms with van der Waals surface area (Å²) in [5.41, 5.74) is 1.42. The highest BCUT2D eigenvalue weighted by Gasteiger charge is 2.14. The molecule has 1 aromatic carbocycles. The quantitative estimate of drug-likeness (QED) is 0.688. The van der Waals surface area contributed by atoms with Gasteiger partial charge < -0.3 is 14.6 Å². The lowest BCUT2D eigenvalue weighted by Gasteiger charge is -2.13. The van der Waals surface area contributed by atoms with E-state index in [0.29, 0.717) is 22.9 Å². The van der Waals surface area contributed by atoms with Crippen LogP contribution in [0.15, 0.2) is 45.7 Å². The summed E-state index contributed by atoms with van der Waals surface area (Å²) in [4.78, 5) is 28.5. The Hall–Kier alpha value is -3.09. The fraction of sp³-hybridized carbons (Fsp3) is 0.350. The summed E-state index contributed by atoms with van der Waals surface area (Å²) in [6, 6.07) is 10.2. The molecule has 0 unspecified atom stereocenters. The number of hydrogen-bond acceptors (Lipinski definition) is 5. The first-order valence-corrected chi connectivity index (χ1v) is 9.03. The predicted molar refractivity (Wildman–Crippen MR) is 102 cm³/mol. The first kappa shape index (κ1) is 18.7. The van der Waals surface area contributed by atoms with E-state index in [1.165, 1.54) is 6.07 Å². The van der Waals surface area contributed by atoms with Gasteiger partial charge in [-0.25, -0.2) is 4.98 Å². The normalized spacial score (nSPS) is 11.1. The lowest BCUT2D eigenvalue weighted by molar-refractivity contribution is -0.120. The molecular weight excluding hydrogens is 346 g/mol. The molecule has 0 bridgehead atoms. The fourth-order valence-electron chi connectivity index (χ4n) is 2.84. The number of fused-ring (bicyclic) bond motifs is 1. The van der Waals surface area contributed by atoms with Gasteiger partial charge in [-0.2, -0.15) is 0 Å². The Balaban J connectivity index is 1.63. The molecule has 0 saturated carbocycles. The zero-order valence-electron chi connectivity index (χ0n) is 15.7. The van der Waals surface area contributed by atoms with Crippen molar-refractivity contribution in [3.63, 3.8) is 0 Å². The number of rotatable bonds is 7. The molecule has 27 heavy (non-hydrogen) atoms. The lowest BCUT2D eigenvalue weighted by atomic mass is 10.0. The van der Waals surface area contributed by atoms with Gasteiger partial charge in [0.25, 0.3) is 5.56 Å². The molecule has 1 amide bonds. The van der Waals surface area contributed by atoms with E-state index >= 15 is 0 Å². The van der Waals surface area contributed by atoms with Crippen molar-refractivity contribution < 1.29 is 14.1 Å². The summed E-state index contributed by atoms with van der Waals surface area (Å²) in [7, 11) is 0. The summed E-state index contributed by atoms with van der Waals surface area (Å²) in [6.45, 7) is 5.93.